The third kappa shape index (κ3) is 4.41. The van der Waals surface area contributed by atoms with Gasteiger partial charge in [0.25, 0.3) is 5.91 Å². The van der Waals surface area contributed by atoms with Crippen LogP contribution in [0.15, 0.2) is 54.9 Å². The molecule has 0 aliphatic rings. The number of aromatic nitrogens is 4. The molecule has 0 radical (unpaired) electrons. The fourth-order valence-electron chi connectivity index (χ4n) is 3.26. The number of hydrogen-bond acceptors (Lipinski definition) is 7. The van der Waals surface area contributed by atoms with Crippen molar-refractivity contribution in [3.8, 4) is 27.6 Å². The normalized spacial score (nSPS) is 10.7. The summed E-state index contributed by atoms with van der Waals surface area (Å²) in [6.45, 7) is 2.34. The number of carbonyl (C=O) groups is 1. The van der Waals surface area contributed by atoms with Crippen molar-refractivity contribution in [2.75, 3.05) is 14.2 Å². The van der Waals surface area contributed by atoms with Crippen molar-refractivity contribution in [2.45, 2.75) is 13.5 Å². The Labute approximate surface area is 183 Å². The number of amides is 1. The van der Waals surface area contributed by atoms with E-state index in [2.05, 4.69) is 33.8 Å². The zero-order valence-electron chi connectivity index (χ0n) is 17.3. The highest BCUT2D eigenvalue weighted by atomic mass is 32.1. The average molecular weight is 436 g/mol. The van der Waals surface area contributed by atoms with Gasteiger partial charge in [0.1, 0.15) is 6.33 Å². The van der Waals surface area contributed by atoms with Crippen LogP contribution < -0.4 is 14.8 Å². The van der Waals surface area contributed by atoms with Crippen LogP contribution in [0.2, 0.25) is 0 Å². The summed E-state index contributed by atoms with van der Waals surface area (Å²) in [7, 11) is 3.16. The van der Waals surface area contributed by atoms with Gasteiger partial charge in [-0.05, 0) is 59.3 Å². The summed E-state index contributed by atoms with van der Waals surface area (Å²) in [5.41, 5.74) is 2.96. The van der Waals surface area contributed by atoms with Gasteiger partial charge in [-0.1, -0.05) is 12.1 Å². The second-order valence-electron chi connectivity index (χ2n) is 6.77. The van der Waals surface area contributed by atoms with E-state index in [4.69, 9.17) is 9.47 Å². The molecule has 0 saturated carbocycles. The van der Waals surface area contributed by atoms with Gasteiger partial charge in [0, 0.05) is 27.4 Å². The first-order chi connectivity index (χ1) is 15.1. The Kier molecular flexibility index (Phi) is 5.94. The Balaban J connectivity index is 1.64. The van der Waals surface area contributed by atoms with Crippen molar-refractivity contribution in [2.24, 2.45) is 0 Å². The zero-order valence-corrected chi connectivity index (χ0v) is 18.1. The third-order valence-electron chi connectivity index (χ3n) is 4.74. The molecule has 0 fully saturated rings. The number of ether oxygens (including phenoxy) is 2. The maximum Gasteiger partial charge on any atom is 0.251 e. The first-order valence-corrected chi connectivity index (χ1v) is 10.3. The van der Waals surface area contributed by atoms with Crippen LogP contribution >= 0.6 is 11.3 Å². The van der Waals surface area contributed by atoms with Gasteiger partial charge in [-0.25, -0.2) is 4.68 Å². The Morgan fingerprint density at radius 2 is 2.00 bits per heavy atom. The second-order valence-corrected chi connectivity index (χ2v) is 8.06. The molecular formula is C22H21N5O3S. The molecule has 9 heteroatoms. The van der Waals surface area contributed by atoms with E-state index in [0.29, 0.717) is 29.3 Å². The lowest BCUT2D eigenvalue weighted by Gasteiger charge is -2.14. The van der Waals surface area contributed by atoms with Crippen LogP contribution in [0.25, 0.3) is 16.1 Å². The number of benzene rings is 2. The molecule has 31 heavy (non-hydrogen) atoms. The van der Waals surface area contributed by atoms with Crippen LogP contribution in [0, 0.1) is 6.92 Å². The lowest BCUT2D eigenvalue weighted by Crippen LogP contribution is -2.23. The number of rotatable bonds is 7. The fourth-order valence-corrected chi connectivity index (χ4v) is 4.11. The highest BCUT2D eigenvalue weighted by Crippen LogP contribution is 2.32. The number of para-hydroxylation sites is 1. The largest absolute Gasteiger partial charge is 0.493 e. The Morgan fingerprint density at radius 1 is 1.13 bits per heavy atom. The highest BCUT2D eigenvalue weighted by Gasteiger charge is 2.15. The molecule has 8 nitrogen and oxygen atoms in total. The monoisotopic (exact) mass is 435 g/mol. The molecule has 0 aliphatic heterocycles. The highest BCUT2D eigenvalue weighted by molar-refractivity contribution is 7.15. The third-order valence-corrected chi connectivity index (χ3v) is 5.79. The van der Waals surface area contributed by atoms with Crippen molar-refractivity contribution in [3.05, 3.63) is 70.9 Å². The van der Waals surface area contributed by atoms with E-state index in [0.717, 1.165) is 16.0 Å². The first-order valence-electron chi connectivity index (χ1n) is 9.52. The summed E-state index contributed by atoms with van der Waals surface area (Å²) in [6, 6.07) is 15.3. The molecule has 4 rings (SSSR count). The van der Waals surface area contributed by atoms with Crippen LogP contribution in [0.1, 0.15) is 20.8 Å². The van der Waals surface area contributed by atoms with Crippen LogP contribution in [-0.4, -0.2) is 40.3 Å². The Hall–Kier alpha value is -3.72. The molecule has 2 heterocycles. The minimum absolute atomic E-state index is 0.214. The molecule has 0 unspecified atom stereocenters. The maximum absolute atomic E-state index is 13.0. The lowest BCUT2D eigenvalue weighted by atomic mass is 10.1. The Bertz CT molecular complexity index is 1200. The molecule has 0 spiro atoms. The number of hydrogen-bond donors (Lipinski definition) is 1. The van der Waals surface area contributed by atoms with E-state index in [1.807, 2.05) is 36.4 Å². The minimum atomic E-state index is -0.214. The molecule has 1 N–H and O–H groups in total. The van der Waals surface area contributed by atoms with Crippen molar-refractivity contribution in [1.29, 1.82) is 0 Å². The minimum Gasteiger partial charge on any atom is -0.493 e. The van der Waals surface area contributed by atoms with Gasteiger partial charge in [0.2, 0.25) is 0 Å². The number of tetrazole rings is 1. The predicted octanol–water partition coefficient (Wildman–Crippen LogP) is 3.65. The summed E-state index contributed by atoms with van der Waals surface area (Å²) in [5.74, 6) is 1.00. The molecular weight excluding hydrogens is 414 g/mol. The van der Waals surface area contributed by atoms with Crippen LogP contribution in [0.4, 0.5) is 0 Å². The molecule has 1 amide bonds. The second kappa shape index (κ2) is 8.97. The number of nitrogens with one attached hydrogen (secondary N) is 1. The van der Waals surface area contributed by atoms with Gasteiger partial charge in [0.15, 0.2) is 11.5 Å². The van der Waals surface area contributed by atoms with Gasteiger partial charge in [-0.2, -0.15) is 0 Å². The van der Waals surface area contributed by atoms with Crippen LogP contribution in [0.3, 0.4) is 0 Å². The molecule has 0 atom stereocenters. The van der Waals surface area contributed by atoms with E-state index in [1.165, 1.54) is 15.9 Å². The molecule has 0 aliphatic carbocycles. The number of nitrogens with zero attached hydrogens (tertiary/aromatic N) is 4. The van der Waals surface area contributed by atoms with Gasteiger partial charge in [0.05, 0.1) is 19.9 Å². The van der Waals surface area contributed by atoms with E-state index >= 15 is 0 Å². The molecule has 0 saturated heterocycles. The van der Waals surface area contributed by atoms with Gasteiger partial charge in [-0.3, -0.25) is 4.79 Å². The summed E-state index contributed by atoms with van der Waals surface area (Å²) in [5, 5.41) is 14.3. The van der Waals surface area contributed by atoms with Gasteiger partial charge in [-0.15, -0.1) is 16.4 Å². The quantitative estimate of drug-likeness (QED) is 0.477. The maximum atomic E-state index is 13.0. The van der Waals surface area contributed by atoms with E-state index < -0.39 is 0 Å². The van der Waals surface area contributed by atoms with E-state index in [9.17, 15) is 4.79 Å². The van der Waals surface area contributed by atoms with E-state index in [1.54, 1.807) is 31.6 Å². The molecule has 0 bridgehead atoms. The smallest absolute Gasteiger partial charge is 0.251 e. The predicted molar refractivity (Wildman–Crippen MR) is 118 cm³/mol. The summed E-state index contributed by atoms with van der Waals surface area (Å²) in [6.07, 6.45) is 1.50. The van der Waals surface area contributed by atoms with Crippen molar-refractivity contribution >= 4 is 17.2 Å². The topological polar surface area (TPSA) is 91.2 Å². The van der Waals surface area contributed by atoms with Crippen molar-refractivity contribution in [3.63, 3.8) is 0 Å². The molecule has 2 aromatic heterocycles. The number of methoxy groups -OCH3 is 2. The number of carbonyl (C=O) groups excluding carboxylic acids is 1. The number of thiophene rings is 1. The van der Waals surface area contributed by atoms with Crippen molar-refractivity contribution in [1.82, 2.24) is 25.5 Å². The summed E-state index contributed by atoms with van der Waals surface area (Å²) >= 11 is 1.66. The van der Waals surface area contributed by atoms with Gasteiger partial charge >= 0.3 is 0 Å². The molecule has 2 aromatic carbocycles. The summed E-state index contributed by atoms with van der Waals surface area (Å²) < 4.78 is 12.3. The zero-order chi connectivity index (χ0) is 21.8. The standard InChI is InChI=1S/C22H21N5O3S/c1-14-7-8-20(31-14)16-9-17(11-18(10-16)27-13-24-25-26-27)22(28)23-12-15-5-4-6-19(29-2)21(15)30-3/h4-11,13H,12H2,1-3H3,(H,23,28). The average Bonchev–Trinajstić information content (AvgIpc) is 3.49. The number of aryl methyl sites for hydroxylation is 1. The van der Waals surface area contributed by atoms with E-state index in [-0.39, 0.29) is 5.91 Å². The van der Waals surface area contributed by atoms with Crippen molar-refractivity contribution < 1.29 is 14.3 Å². The van der Waals surface area contributed by atoms with Crippen LogP contribution in [-0.2, 0) is 6.54 Å². The Morgan fingerprint density at radius 3 is 2.68 bits per heavy atom. The fraction of sp³-hybridized carbons (Fsp3) is 0.182. The summed E-state index contributed by atoms with van der Waals surface area (Å²) in [4.78, 5) is 15.3. The molecule has 4 aromatic rings. The SMILES string of the molecule is COc1cccc(CNC(=O)c2cc(-c3ccc(C)s3)cc(-n3cnnn3)c2)c1OC. The van der Waals surface area contributed by atoms with Gasteiger partial charge < -0.3 is 14.8 Å². The molecule has 158 valence electrons. The van der Waals surface area contributed by atoms with Crippen LogP contribution in [0.5, 0.6) is 11.5 Å². The lowest BCUT2D eigenvalue weighted by molar-refractivity contribution is 0.0950. The first kappa shape index (κ1) is 20.5.